The van der Waals surface area contributed by atoms with Crippen molar-refractivity contribution in [3.63, 3.8) is 0 Å². The first-order valence-corrected chi connectivity index (χ1v) is 4.07. The van der Waals surface area contributed by atoms with Gasteiger partial charge in [-0.15, -0.1) is 0 Å². The van der Waals surface area contributed by atoms with Crippen molar-refractivity contribution in [2.24, 2.45) is 10.8 Å². The fourth-order valence-corrected chi connectivity index (χ4v) is 0.926. The van der Waals surface area contributed by atoms with Crippen molar-refractivity contribution in [2.75, 3.05) is 0 Å². The summed E-state index contributed by atoms with van der Waals surface area (Å²) in [5.74, 6) is -1.28. The summed E-state index contributed by atoms with van der Waals surface area (Å²) in [6, 6.07) is 3.31. The first kappa shape index (κ1) is 11.6. The standard InChI is InChI=1S/C8H8FN5O2/c9-6-2-1-5(3-7(6)14(15)16)4-12-13-8(10)11/h1-4H,(H4,10,11,13). The van der Waals surface area contributed by atoms with Crippen LogP contribution in [0.1, 0.15) is 5.56 Å². The number of hydrogen-bond acceptors (Lipinski definition) is 4. The van der Waals surface area contributed by atoms with Crippen molar-refractivity contribution in [1.82, 2.24) is 5.43 Å². The molecule has 0 aliphatic heterocycles. The molecule has 0 aliphatic carbocycles. The maximum Gasteiger partial charge on any atom is 0.305 e. The van der Waals surface area contributed by atoms with E-state index in [1.54, 1.807) is 0 Å². The number of guanidine groups is 1. The molecule has 0 unspecified atom stereocenters. The third-order valence-corrected chi connectivity index (χ3v) is 1.57. The van der Waals surface area contributed by atoms with Crippen LogP contribution in [-0.2, 0) is 0 Å². The highest BCUT2D eigenvalue weighted by atomic mass is 19.1. The Morgan fingerprint density at radius 1 is 1.69 bits per heavy atom. The van der Waals surface area contributed by atoms with Crippen LogP contribution in [0, 0.1) is 21.3 Å². The van der Waals surface area contributed by atoms with Gasteiger partial charge in [0.15, 0.2) is 0 Å². The zero-order chi connectivity index (χ0) is 12.1. The smallest absolute Gasteiger partial charge is 0.305 e. The van der Waals surface area contributed by atoms with Crippen LogP contribution in [-0.4, -0.2) is 17.1 Å². The minimum atomic E-state index is -0.915. The van der Waals surface area contributed by atoms with Crippen LogP contribution in [0.4, 0.5) is 10.1 Å². The van der Waals surface area contributed by atoms with Crippen LogP contribution >= 0.6 is 0 Å². The highest BCUT2D eigenvalue weighted by Crippen LogP contribution is 2.17. The van der Waals surface area contributed by atoms with Crippen LogP contribution < -0.4 is 11.2 Å². The van der Waals surface area contributed by atoms with Gasteiger partial charge in [0.05, 0.1) is 11.1 Å². The second kappa shape index (κ2) is 4.82. The van der Waals surface area contributed by atoms with Gasteiger partial charge in [0, 0.05) is 11.6 Å². The SMILES string of the molecule is N=C(N)NN=Cc1ccc(F)c([N+](=O)[O-])c1. The molecule has 0 atom stereocenters. The number of nitro benzene ring substituents is 1. The number of hydrogen-bond donors (Lipinski definition) is 3. The number of nitrogens with zero attached hydrogens (tertiary/aromatic N) is 2. The van der Waals surface area contributed by atoms with Gasteiger partial charge in [-0.3, -0.25) is 15.5 Å². The molecule has 8 heteroatoms. The molecule has 0 spiro atoms. The van der Waals surface area contributed by atoms with Crippen molar-refractivity contribution in [3.8, 4) is 0 Å². The normalized spacial score (nSPS) is 10.3. The number of nitrogens with one attached hydrogen (secondary N) is 2. The van der Waals surface area contributed by atoms with Crippen LogP contribution in [0.15, 0.2) is 23.3 Å². The molecule has 0 saturated heterocycles. The van der Waals surface area contributed by atoms with E-state index in [1.807, 2.05) is 0 Å². The summed E-state index contributed by atoms with van der Waals surface area (Å²) in [6.45, 7) is 0. The zero-order valence-corrected chi connectivity index (χ0v) is 7.98. The summed E-state index contributed by atoms with van der Waals surface area (Å²) in [6.07, 6.45) is 1.19. The second-order valence-corrected chi connectivity index (χ2v) is 2.75. The van der Waals surface area contributed by atoms with E-state index in [9.17, 15) is 14.5 Å². The molecule has 0 aliphatic rings. The molecule has 0 radical (unpaired) electrons. The lowest BCUT2D eigenvalue weighted by Gasteiger charge is -1.96. The summed E-state index contributed by atoms with van der Waals surface area (Å²) < 4.78 is 12.9. The highest BCUT2D eigenvalue weighted by molar-refractivity contribution is 5.82. The third-order valence-electron chi connectivity index (χ3n) is 1.57. The molecule has 0 bridgehead atoms. The van der Waals surface area contributed by atoms with Gasteiger partial charge >= 0.3 is 5.69 Å². The largest absolute Gasteiger partial charge is 0.369 e. The molecule has 0 saturated carbocycles. The van der Waals surface area contributed by atoms with E-state index in [2.05, 4.69) is 10.5 Å². The molecule has 4 N–H and O–H groups in total. The van der Waals surface area contributed by atoms with Gasteiger partial charge in [0.1, 0.15) is 0 Å². The van der Waals surface area contributed by atoms with Crippen molar-refractivity contribution >= 4 is 17.9 Å². The molecule has 1 aromatic rings. The van der Waals surface area contributed by atoms with E-state index in [0.717, 1.165) is 12.1 Å². The molecule has 0 amide bonds. The molecule has 0 aromatic heterocycles. The number of rotatable bonds is 3. The zero-order valence-electron chi connectivity index (χ0n) is 7.98. The predicted octanol–water partition coefficient (Wildman–Crippen LogP) is 0.551. The Balaban J connectivity index is 2.91. The molecular formula is C8H8FN5O2. The molecule has 0 heterocycles. The number of benzene rings is 1. The third kappa shape index (κ3) is 3.01. The summed E-state index contributed by atoms with van der Waals surface area (Å²) >= 11 is 0. The summed E-state index contributed by atoms with van der Waals surface area (Å²) in [5.41, 5.74) is 6.76. The van der Waals surface area contributed by atoms with Gasteiger partial charge in [-0.1, -0.05) is 0 Å². The van der Waals surface area contributed by atoms with Crippen LogP contribution in [0.25, 0.3) is 0 Å². The van der Waals surface area contributed by atoms with E-state index < -0.39 is 16.4 Å². The van der Waals surface area contributed by atoms with E-state index in [1.165, 1.54) is 12.3 Å². The maximum atomic E-state index is 12.9. The Bertz CT molecular complexity index is 460. The Labute approximate surface area is 89.4 Å². The summed E-state index contributed by atoms with van der Waals surface area (Å²) in [5, 5.41) is 20.7. The number of nitrogens with two attached hydrogens (primary N) is 1. The first-order chi connectivity index (χ1) is 7.50. The van der Waals surface area contributed by atoms with Crippen molar-refractivity contribution in [1.29, 1.82) is 5.41 Å². The Kier molecular flexibility index (Phi) is 3.49. The van der Waals surface area contributed by atoms with Gasteiger partial charge in [0.25, 0.3) is 0 Å². The Morgan fingerprint density at radius 3 is 2.94 bits per heavy atom. The summed E-state index contributed by atoms with van der Waals surface area (Å²) in [4.78, 5) is 9.58. The number of halogens is 1. The topological polar surface area (TPSA) is 117 Å². The molecule has 1 rings (SSSR count). The lowest BCUT2D eigenvalue weighted by Crippen LogP contribution is -2.25. The lowest BCUT2D eigenvalue weighted by atomic mass is 10.2. The fourth-order valence-electron chi connectivity index (χ4n) is 0.926. The van der Waals surface area contributed by atoms with Gasteiger partial charge in [-0.2, -0.15) is 9.49 Å². The molecule has 16 heavy (non-hydrogen) atoms. The lowest BCUT2D eigenvalue weighted by molar-refractivity contribution is -0.387. The van der Waals surface area contributed by atoms with Crippen LogP contribution in [0.2, 0.25) is 0 Å². The molecule has 84 valence electrons. The van der Waals surface area contributed by atoms with E-state index >= 15 is 0 Å². The van der Waals surface area contributed by atoms with E-state index in [0.29, 0.717) is 5.56 Å². The first-order valence-electron chi connectivity index (χ1n) is 4.07. The molecule has 1 aromatic carbocycles. The minimum Gasteiger partial charge on any atom is -0.369 e. The Morgan fingerprint density at radius 2 is 2.38 bits per heavy atom. The second-order valence-electron chi connectivity index (χ2n) is 2.75. The Hall–Kier alpha value is -2.51. The average Bonchev–Trinajstić information content (AvgIpc) is 2.19. The van der Waals surface area contributed by atoms with Gasteiger partial charge in [-0.05, 0) is 12.1 Å². The van der Waals surface area contributed by atoms with Gasteiger partial charge < -0.3 is 5.73 Å². The van der Waals surface area contributed by atoms with E-state index in [-0.39, 0.29) is 5.96 Å². The monoisotopic (exact) mass is 225 g/mol. The maximum absolute atomic E-state index is 12.9. The molecule has 7 nitrogen and oxygen atoms in total. The highest BCUT2D eigenvalue weighted by Gasteiger charge is 2.13. The molecule has 0 fully saturated rings. The minimum absolute atomic E-state index is 0.321. The number of nitro groups is 1. The van der Waals surface area contributed by atoms with Crippen molar-refractivity contribution in [3.05, 3.63) is 39.7 Å². The molecular weight excluding hydrogens is 217 g/mol. The fraction of sp³-hybridized carbons (Fsp3) is 0. The summed E-state index contributed by atoms with van der Waals surface area (Å²) in [7, 11) is 0. The quantitative estimate of drug-likeness (QED) is 0.301. The van der Waals surface area contributed by atoms with Gasteiger partial charge in [0.2, 0.25) is 11.8 Å². The van der Waals surface area contributed by atoms with Crippen LogP contribution in [0.5, 0.6) is 0 Å². The average molecular weight is 225 g/mol. The van der Waals surface area contributed by atoms with Crippen molar-refractivity contribution in [2.45, 2.75) is 0 Å². The van der Waals surface area contributed by atoms with E-state index in [4.69, 9.17) is 11.1 Å². The number of hydrazone groups is 1. The van der Waals surface area contributed by atoms with Gasteiger partial charge in [-0.25, -0.2) is 5.43 Å². The van der Waals surface area contributed by atoms with Crippen LogP contribution in [0.3, 0.4) is 0 Å². The van der Waals surface area contributed by atoms with Crippen molar-refractivity contribution < 1.29 is 9.31 Å². The predicted molar refractivity (Wildman–Crippen MR) is 55.7 cm³/mol.